The Balaban J connectivity index is 2.30. The van der Waals surface area contributed by atoms with E-state index in [4.69, 9.17) is 11.6 Å². The molecule has 0 aliphatic carbocycles. The van der Waals surface area contributed by atoms with E-state index in [1.165, 1.54) is 12.3 Å². The number of nitrogens with zero attached hydrogens (tertiary/aromatic N) is 1. The van der Waals surface area contributed by atoms with Gasteiger partial charge in [0, 0.05) is 17.1 Å². The second-order valence-corrected chi connectivity index (χ2v) is 5.93. The summed E-state index contributed by atoms with van der Waals surface area (Å²) in [6.07, 6.45) is 1.48. The molecule has 0 saturated carbocycles. The molecule has 0 unspecified atom stereocenters. The van der Waals surface area contributed by atoms with E-state index in [0.717, 1.165) is 0 Å². The van der Waals surface area contributed by atoms with E-state index >= 15 is 0 Å². The van der Waals surface area contributed by atoms with E-state index in [1.54, 1.807) is 25.2 Å². The van der Waals surface area contributed by atoms with Crippen LogP contribution in [0.2, 0.25) is 5.02 Å². The van der Waals surface area contributed by atoms with Gasteiger partial charge in [0.1, 0.15) is 0 Å². The van der Waals surface area contributed by atoms with Gasteiger partial charge in [-0.25, -0.2) is 0 Å². The van der Waals surface area contributed by atoms with Crippen LogP contribution in [0.5, 0.6) is 0 Å². The molecular weight excluding hydrogens is 288 g/mol. The number of hydrogen-bond donors (Lipinski definition) is 3. The standard InChI is InChI=1S/C11H13ClN4O2S/c1-13-6-8-7-14-15-11(8)19(17,18)16-10-4-2-3-9(12)5-10/h2-5,7,13,16H,6H2,1H3,(H,14,15). The van der Waals surface area contributed by atoms with Gasteiger partial charge < -0.3 is 5.32 Å². The molecule has 0 atom stereocenters. The molecular formula is C11H13ClN4O2S. The van der Waals surface area contributed by atoms with Crippen molar-refractivity contribution in [2.45, 2.75) is 11.6 Å². The van der Waals surface area contributed by atoms with Crippen molar-refractivity contribution in [1.82, 2.24) is 15.5 Å². The molecule has 2 aromatic rings. The summed E-state index contributed by atoms with van der Waals surface area (Å²) >= 11 is 5.81. The van der Waals surface area contributed by atoms with Crippen molar-refractivity contribution in [2.75, 3.05) is 11.8 Å². The predicted octanol–water partition coefficient (Wildman–Crippen LogP) is 1.58. The van der Waals surface area contributed by atoms with Crippen molar-refractivity contribution < 1.29 is 8.42 Å². The first-order chi connectivity index (χ1) is 9.03. The topological polar surface area (TPSA) is 86.9 Å². The molecule has 6 nitrogen and oxygen atoms in total. The minimum atomic E-state index is -3.71. The first-order valence-corrected chi connectivity index (χ1v) is 7.34. The maximum absolute atomic E-state index is 12.2. The first-order valence-electron chi connectivity index (χ1n) is 5.48. The summed E-state index contributed by atoms with van der Waals surface area (Å²) in [4.78, 5) is 0. The van der Waals surface area contributed by atoms with Crippen molar-refractivity contribution in [3.8, 4) is 0 Å². The van der Waals surface area contributed by atoms with Crippen LogP contribution in [0, 0.1) is 0 Å². The maximum atomic E-state index is 12.2. The smallest absolute Gasteiger partial charge is 0.279 e. The van der Waals surface area contributed by atoms with Crippen LogP contribution >= 0.6 is 11.6 Å². The fourth-order valence-corrected chi connectivity index (χ4v) is 2.98. The zero-order chi connectivity index (χ0) is 13.9. The van der Waals surface area contributed by atoms with Gasteiger partial charge in [-0.15, -0.1) is 0 Å². The lowest BCUT2D eigenvalue weighted by Crippen LogP contribution is -2.17. The van der Waals surface area contributed by atoms with Crippen LogP contribution in [-0.2, 0) is 16.6 Å². The Bertz CT molecular complexity index is 669. The average molecular weight is 301 g/mol. The third-order valence-electron chi connectivity index (χ3n) is 2.39. The van der Waals surface area contributed by atoms with E-state index in [2.05, 4.69) is 20.2 Å². The maximum Gasteiger partial charge on any atom is 0.279 e. The van der Waals surface area contributed by atoms with Crippen molar-refractivity contribution in [3.05, 3.63) is 41.0 Å². The van der Waals surface area contributed by atoms with Crippen LogP contribution in [0.3, 0.4) is 0 Å². The van der Waals surface area contributed by atoms with Gasteiger partial charge in [0.15, 0.2) is 5.03 Å². The van der Waals surface area contributed by atoms with Gasteiger partial charge in [-0.1, -0.05) is 17.7 Å². The summed E-state index contributed by atoms with van der Waals surface area (Å²) in [5, 5.41) is 9.63. The van der Waals surface area contributed by atoms with Crippen molar-refractivity contribution in [3.63, 3.8) is 0 Å². The molecule has 19 heavy (non-hydrogen) atoms. The van der Waals surface area contributed by atoms with Crippen molar-refractivity contribution in [1.29, 1.82) is 0 Å². The molecule has 0 radical (unpaired) electrons. The molecule has 1 heterocycles. The normalized spacial score (nSPS) is 11.5. The van der Waals surface area contributed by atoms with Crippen LogP contribution in [0.4, 0.5) is 5.69 Å². The van der Waals surface area contributed by atoms with Crippen LogP contribution in [0.25, 0.3) is 0 Å². The van der Waals surface area contributed by atoms with Gasteiger partial charge in [-0.2, -0.15) is 13.5 Å². The molecule has 0 amide bonds. The molecule has 0 spiro atoms. The van der Waals surface area contributed by atoms with E-state index in [0.29, 0.717) is 22.8 Å². The molecule has 2 rings (SSSR count). The Morgan fingerprint density at radius 2 is 2.21 bits per heavy atom. The Morgan fingerprint density at radius 3 is 2.89 bits per heavy atom. The molecule has 8 heteroatoms. The van der Waals surface area contributed by atoms with E-state index in [-0.39, 0.29) is 5.03 Å². The van der Waals surface area contributed by atoms with Crippen LogP contribution in [0.1, 0.15) is 5.56 Å². The largest absolute Gasteiger partial charge is 0.316 e. The Morgan fingerprint density at radius 1 is 1.42 bits per heavy atom. The fraction of sp³-hybridized carbons (Fsp3) is 0.182. The van der Waals surface area contributed by atoms with E-state index < -0.39 is 10.0 Å². The zero-order valence-corrected chi connectivity index (χ0v) is 11.7. The molecule has 0 aliphatic rings. The number of rotatable bonds is 5. The highest BCUT2D eigenvalue weighted by molar-refractivity contribution is 7.92. The summed E-state index contributed by atoms with van der Waals surface area (Å²) < 4.78 is 26.9. The van der Waals surface area contributed by atoms with Crippen LogP contribution < -0.4 is 10.0 Å². The number of sulfonamides is 1. The average Bonchev–Trinajstić information content (AvgIpc) is 2.78. The molecule has 1 aromatic heterocycles. The summed E-state index contributed by atoms with van der Waals surface area (Å²) in [7, 11) is -1.98. The van der Waals surface area contributed by atoms with Gasteiger partial charge in [0.2, 0.25) is 0 Å². The predicted molar refractivity (Wildman–Crippen MR) is 73.6 cm³/mol. The van der Waals surface area contributed by atoms with E-state index in [1.807, 2.05) is 0 Å². The van der Waals surface area contributed by atoms with E-state index in [9.17, 15) is 8.42 Å². The third kappa shape index (κ3) is 3.25. The molecule has 0 bridgehead atoms. The minimum Gasteiger partial charge on any atom is -0.316 e. The fourth-order valence-electron chi connectivity index (χ4n) is 1.61. The highest BCUT2D eigenvalue weighted by atomic mass is 35.5. The number of benzene rings is 1. The molecule has 0 saturated heterocycles. The Kier molecular flexibility index (Phi) is 4.08. The summed E-state index contributed by atoms with van der Waals surface area (Å²) in [6, 6.07) is 6.49. The highest BCUT2D eigenvalue weighted by Gasteiger charge is 2.20. The van der Waals surface area contributed by atoms with Crippen molar-refractivity contribution >= 4 is 27.3 Å². The monoisotopic (exact) mass is 300 g/mol. The van der Waals surface area contributed by atoms with Gasteiger partial charge in [0.05, 0.1) is 11.9 Å². The number of aromatic nitrogens is 2. The Hall–Kier alpha value is -1.57. The van der Waals surface area contributed by atoms with Crippen LogP contribution in [-0.4, -0.2) is 25.7 Å². The number of aromatic amines is 1. The third-order valence-corrected chi connectivity index (χ3v) is 4.02. The number of H-pyrrole nitrogens is 1. The van der Waals surface area contributed by atoms with Crippen molar-refractivity contribution in [2.24, 2.45) is 0 Å². The second-order valence-electron chi connectivity index (χ2n) is 3.87. The lowest BCUT2D eigenvalue weighted by molar-refractivity contribution is 0.595. The SMILES string of the molecule is CNCc1cn[nH]c1S(=O)(=O)Nc1cccc(Cl)c1. The quantitative estimate of drug-likeness (QED) is 0.782. The zero-order valence-electron chi connectivity index (χ0n) is 10.1. The van der Waals surface area contributed by atoms with Gasteiger partial charge in [-0.05, 0) is 25.2 Å². The van der Waals surface area contributed by atoms with Gasteiger partial charge in [0.25, 0.3) is 10.0 Å². The Labute approximate surface area is 116 Å². The van der Waals surface area contributed by atoms with Crippen LogP contribution in [0.15, 0.2) is 35.5 Å². The highest BCUT2D eigenvalue weighted by Crippen LogP contribution is 2.20. The molecule has 0 aliphatic heterocycles. The lowest BCUT2D eigenvalue weighted by atomic mass is 10.3. The molecule has 102 valence electrons. The first kappa shape index (κ1) is 13.9. The number of hydrogen-bond acceptors (Lipinski definition) is 4. The molecule has 3 N–H and O–H groups in total. The molecule has 1 aromatic carbocycles. The summed E-state index contributed by atoms with van der Waals surface area (Å²) in [5.41, 5.74) is 0.967. The minimum absolute atomic E-state index is 0.0434. The lowest BCUT2D eigenvalue weighted by Gasteiger charge is -2.08. The van der Waals surface area contributed by atoms with Gasteiger partial charge in [-0.3, -0.25) is 9.82 Å². The number of anilines is 1. The number of nitrogens with one attached hydrogen (secondary N) is 3. The number of halogens is 1. The summed E-state index contributed by atoms with van der Waals surface area (Å²) in [5.74, 6) is 0. The second kappa shape index (κ2) is 5.60. The molecule has 0 fully saturated rings. The van der Waals surface area contributed by atoms with Gasteiger partial charge >= 0.3 is 0 Å². The summed E-state index contributed by atoms with van der Waals surface area (Å²) in [6.45, 7) is 0.405.